The molecule has 0 aliphatic rings. The van der Waals surface area contributed by atoms with E-state index in [0.29, 0.717) is 18.6 Å². The van der Waals surface area contributed by atoms with Crippen LogP contribution in [0.2, 0.25) is 0 Å². The first-order valence-corrected chi connectivity index (χ1v) is 10.6. The molecular weight excluding hydrogens is 458 g/mol. The molecule has 0 aliphatic carbocycles. The average Bonchev–Trinajstić information content (AvgIpc) is 2.76. The van der Waals surface area contributed by atoms with Crippen molar-refractivity contribution >= 4 is 0 Å². The quantitative estimate of drug-likeness (QED) is 0.285. The number of ether oxygens (including phenoxy) is 2. The van der Waals surface area contributed by atoms with Crippen molar-refractivity contribution in [1.82, 2.24) is 0 Å². The Kier molecular flexibility index (Phi) is 7.48. The van der Waals surface area contributed by atoms with Gasteiger partial charge in [0.1, 0.15) is 11.5 Å². The molecule has 0 heterocycles. The summed E-state index contributed by atoms with van der Waals surface area (Å²) in [4.78, 5) is 0. The van der Waals surface area contributed by atoms with Gasteiger partial charge >= 0.3 is 12.3 Å². The van der Waals surface area contributed by atoms with E-state index in [1.165, 1.54) is 18.2 Å². The second-order valence-electron chi connectivity index (χ2n) is 8.56. The van der Waals surface area contributed by atoms with Crippen LogP contribution >= 0.6 is 0 Å². The predicted molar refractivity (Wildman–Crippen MR) is 117 cm³/mol. The van der Waals surface area contributed by atoms with Crippen molar-refractivity contribution in [2.45, 2.75) is 50.8 Å². The van der Waals surface area contributed by atoms with Crippen molar-refractivity contribution in [3.05, 3.63) is 89.7 Å². The highest BCUT2D eigenvalue weighted by Crippen LogP contribution is 2.38. The van der Waals surface area contributed by atoms with Crippen molar-refractivity contribution in [3.8, 4) is 17.2 Å². The lowest BCUT2D eigenvalue weighted by molar-refractivity contribution is -0.360. The number of para-hydroxylation sites is 1. The molecule has 2 nitrogen and oxygen atoms in total. The molecule has 0 unspecified atom stereocenters. The molecule has 0 fully saturated rings. The minimum absolute atomic E-state index is 0.134. The fourth-order valence-corrected chi connectivity index (χ4v) is 3.46. The second-order valence-corrected chi connectivity index (χ2v) is 8.56. The number of alkyl halides is 5. The molecule has 3 aromatic carbocycles. The van der Waals surface area contributed by atoms with Gasteiger partial charge in [-0.25, -0.2) is 4.39 Å². The molecule has 182 valence electrons. The highest BCUT2D eigenvalue weighted by molar-refractivity contribution is 5.35. The van der Waals surface area contributed by atoms with Crippen LogP contribution in [0.1, 0.15) is 37.8 Å². The molecule has 0 aliphatic heterocycles. The number of hydrogen-bond acceptors (Lipinski definition) is 2. The third kappa shape index (κ3) is 6.46. The van der Waals surface area contributed by atoms with Gasteiger partial charge in [-0.15, -0.1) is 0 Å². The molecule has 8 heteroatoms. The molecule has 0 bridgehead atoms. The van der Waals surface area contributed by atoms with E-state index in [0.717, 1.165) is 29.7 Å². The Morgan fingerprint density at radius 1 is 0.765 bits per heavy atom. The first-order chi connectivity index (χ1) is 15.9. The number of rotatable bonds is 9. The Morgan fingerprint density at radius 2 is 1.41 bits per heavy atom. The molecule has 0 radical (unpaired) electrons. The molecule has 0 saturated carbocycles. The summed E-state index contributed by atoms with van der Waals surface area (Å²) in [7, 11) is 0. The van der Waals surface area contributed by atoms with Crippen molar-refractivity contribution in [1.29, 1.82) is 0 Å². The lowest BCUT2D eigenvalue weighted by Crippen LogP contribution is -2.41. The SMILES string of the molecule is CC(C)(CCCc1ccc(F)c(Oc2ccccc2)c1)c1ccc(OC(F)(F)C(F)(F)F)cc1. The van der Waals surface area contributed by atoms with Gasteiger partial charge in [0.15, 0.2) is 11.6 Å². The maximum absolute atomic E-state index is 14.1. The Hall–Kier alpha value is -3.16. The Bertz CT molecular complexity index is 1080. The molecule has 0 spiro atoms. The van der Waals surface area contributed by atoms with Crippen molar-refractivity contribution in [2.24, 2.45) is 0 Å². The van der Waals surface area contributed by atoms with Gasteiger partial charge < -0.3 is 9.47 Å². The van der Waals surface area contributed by atoms with Crippen LogP contribution in [0.3, 0.4) is 0 Å². The van der Waals surface area contributed by atoms with Gasteiger partial charge in [0.25, 0.3) is 0 Å². The first kappa shape index (κ1) is 25.5. The average molecular weight is 482 g/mol. The summed E-state index contributed by atoms with van der Waals surface area (Å²) >= 11 is 0. The summed E-state index contributed by atoms with van der Waals surface area (Å²) in [6.45, 7) is 3.89. The Balaban J connectivity index is 1.59. The van der Waals surface area contributed by atoms with E-state index in [4.69, 9.17) is 4.74 Å². The minimum Gasteiger partial charge on any atom is -0.454 e. The standard InChI is InChI=1S/C26H24F6O2/c1-24(2,19-11-13-21(14-12-19)34-26(31,32)25(28,29)30)16-6-7-18-10-15-22(27)23(17-18)33-20-8-4-3-5-9-20/h3-5,8-15,17H,6-7,16H2,1-2H3. The fourth-order valence-electron chi connectivity index (χ4n) is 3.46. The monoisotopic (exact) mass is 482 g/mol. The van der Waals surface area contributed by atoms with Crippen LogP contribution in [0.4, 0.5) is 26.3 Å². The topological polar surface area (TPSA) is 18.5 Å². The largest absolute Gasteiger partial charge is 0.499 e. The van der Waals surface area contributed by atoms with Crippen molar-refractivity contribution in [2.75, 3.05) is 0 Å². The van der Waals surface area contributed by atoms with Crippen LogP contribution in [0.15, 0.2) is 72.8 Å². The highest BCUT2D eigenvalue weighted by Gasteiger charge is 2.61. The summed E-state index contributed by atoms with van der Waals surface area (Å²) < 4.78 is 86.7. The minimum atomic E-state index is -5.79. The fraction of sp³-hybridized carbons (Fsp3) is 0.308. The molecule has 0 N–H and O–H groups in total. The van der Waals surface area contributed by atoms with Crippen LogP contribution in [-0.2, 0) is 11.8 Å². The summed E-state index contributed by atoms with van der Waals surface area (Å²) in [5, 5.41) is 0. The maximum Gasteiger partial charge on any atom is 0.499 e. The lowest BCUT2D eigenvalue weighted by atomic mass is 9.80. The molecule has 0 atom stereocenters. The van der Waals surface area contributed by atoms with Gasteiger partial charge in [-0.2, -0.15) is 22.0 Å². The molecule has 3 rings (SSSR count). The first-order valence-electron chi connectivity index (χ1n) is 10.6. The number of hydrogen-bond donors (Lipinski definition) is 0. The van der Waals surface area contributed by atoms with Crippen LogP contribution in [0, 0.1) is 5.82 Å². The van der Waals surface area contributed by atoms with Gasteiger partial charge in [-0.05, 0) is 72.2 Å². The van der Waals surface area contributed by atoms with Gasteiger partial charge in [-0.1, -0.05) is 50.2 Å². The zero-order valence-corrected chi connectivity index (χ0v) is 18.6. The third-order valence-electron chi connectivity index (χ3n) is 5.45. The Labute approximate surface area is 194 Å². The normalized spacial score (nSPS) is 12.5. The van der Waals surface area contributed by atoms with E-state index >= 15 is 0 Å². The van der Waals surface area contributed by atoms with Crippen molar-refractivity contribution in [3.63, 3.8) is 0 Å². The summed E-state index contributed by atoms with van der Waals surface area (Å²) in [5.41, 5.74) is 1.28. The zero-order chi connectivity index (χ0) is 25.0. The van der Waals surface area contributed by atoms with Crippen molar-refractivity contribution < 1.29 is 35.8 Å². The predicted octanol–water partition coefficient (Wildman–Crippen LogP) is 8.45. The van der Waals surface area contributed by atoms with Crippen LogP contribution < -0.4 is 9.47 Å². The molecule has 3 aromatic rings. The molecular formula is C26H24F6O2. The third-order valence-corrected chi connectivity index (χ3v) is 5.45. The highest BCUT2D eigenvalue weighted by atomic mass is 19.4. The summed E-state index contributed by atoms with van der Waals surface area (Å²) in [6.07, 6.45) is -8.99. The Morgan fingerprint density at radius 3 is 2.03 bits per heavy atom. The molecule has 0 saturated heterocycles. The molecule has 34 heavy (non-hydrogen) atoms. The lowest BCUT2D eigenvalue weighted by Gasteiger charge is -2.26. The van der Waals surface area contributed by atoms with E-state index in [2.05, 4.69) is 4.74 Å². The number of halogens is 6. The smallest absolute Gasteiger partial charge is 0.454 e. The molecule has 0 aromatic heterocycles. The van der Waals surface area contributed by atoms with Gasteiger partial charge in [-0.3, -0.25) is 0 Å². The maximum atomic E-state index is 14.1. The van der Waals surface area contributed by atoms with E-state index in [-0.39, 0.29) is 11.2 Å². The van der Waals surface area contributed by atoms with Gasteiger partial charge in [0.2, 0.25) is 0 Å². The summed E-state index contributed by atoms with van der Waals surface area (Å²) in [5.74, 6) is -0.375. The van der Waals surface area contributed by atoms with E-state index in [1.54, 1.807) is 36.4 Å². The van der Waals surface area contributed by atoms with Gasteiger partial charge in [0.05, 0.1) is 0 Å². The van der Waals surface area contributed by atoms with Crippen LogP contribution in [-0.4, -0.2) is 12.3 Å². The van der Waals surface area contributed by atoms with E-state index in [9.17, 15) is 26.3 Å². The number of benzene rings is 3. The zero-order valence-electron chi connectivity index (χ0n) is 18.6. The second kappa shape index (κ2) is 9.99. The van der Waals surface area contributed by atoms with Gasteiger partial charge in [0, 0.05) is 0 Å². The molecule has 0 amide bonds. The van der Waals surface area contributed by atoms with E-state index in [1.807, 2.05) is 19.9 Å². The number of aryl methyl sites for hydroxylation is 1. The van der Waals surface area contributed by atoms with E-state index < -0.39 is 23.9 Å². The van der Waals surface area contributed by atoms with Crippen LogP contribution in [0.5, 0.6) is 17.2 Å². The summed E-state index contributed by atoms with van der Waals surface area (Å²) in [6, 6.07) is 18.7. The van der Waals surface area contributed by atoms with Crippen LogP contribution in [0.25, 0.3) is 0 Å².